The van der Waals surface area contributed by atoms with Crippen molar-refractivity contribution in [3.63, 3.8) is 0 Å². The highest BCUT2D eigenvalue weighted by Crippen LogP contribution is 2.31. The lowest BCUT2D eigenvalue weighted by atomic mass is 9.99. The van der Waals surface area contributed by atoms with Gasteiger partial charge in [-0.1, -0.05) is 31.1 Å². The molecule has 19 heavy (non-hydrogen) atoms. The zero-order valence-corrected chi connectivity index (χ0v) is 11.0. The Morgan fingerprint density at radius 1 is 1.37 bits per heavy atom. The van der Waals surface area contributed by atoms with Crippen LogP contribution < -0.4 is 4.74 Å². The number of methoxy groups -OCH3 is 1. The summed E-state index contributed by atoms with van der Waals surface area (Å²) in [6.45, 7) is 4.16. The average Bonchev–Trinajstić information content (AvgIpc) is 2.87. The molecule has 5 nitrogen and oxygen atoms in total. The molecule has 0 atom stereocenters. The van der Waals surface area contributed by atoms with Gasteiger partial charge < -0.3 is 14.4 Å². The third kappa shape index (κ3) is 2.59. The van der Waals surface area contributed by atoms with Crippen LogP contribution in [0.15, 0.2) is 28.8 Å². The molecule has 0 saturated carbocycles. The number of carboxylic acids is 1. The van der Waals surface area contributed by atoms with Crippen LogP contribution >= 0.6 is 0 Å². The molecular weight excluding hydrogens is 246 g/mol. The third-order valence-corrected chi connectivity index (χ3v) is 2.87. The minimum Gasteiger partial charge on any atom is -0.496 e. The van der Waals surface area contributed by atoms with E-state index < -0.39 is 5.97 Å². The van der Waals surface area contributed by atoms with Crippen LogP contribution in [0.1, 0.15) is 35.9 Å². The number of nitrogens with zero attached hydrogens (tertiary/aromatic N) is 1. The van der Waals surface area contributed by atoms with Crippen molar-refractivity contribution in [3.05, 3.63) is 35.6 Å². The molecule has 0 spiro atoms. The number of aromatic nitrogens is 1. The van der Waals surface area contributed by atoms with Crippen LogP contribution in [0.3, 0.4) is 0 Å². The first-order valence-electron chi connectivity index (χ1n) is 5.91. The monoisotopic (exact) mass is 261 g/mol. The molecule has 100 valence electrons. The number of carboxylic acid groups (broad SMARTS) is 1. The number of hydrogen-bond acceptors (Lipinski definition) is 4. The van der Waals surface area contributed by atoms with E-state index in [9.17, 15) is 4.79 Å². The highest BCUT2D eigenvalue weighted by Gasteiger charge is 2.14. The number of aromatic carboxylic acids is 1. The van der Waals surface area contributed by atoms with E-state index >= 15 is 0 Å². The van der Waals surface area contributed by atoms with Gasteiger partial charge in [0.25, 0.3) is 0 Å². The Hall–Kier alpha value is -2.30. The Bertz CT molecular complexity index is 601. The number of ether oxygens (including phenoxy) is 1. The summed E-state index contributed by atoms with van der Waals surface area (Å²) >= 11 is 0. The van der Waals surface area contributed by atoms with E-state index in [1.807, 2.05) is 18.2 Å². The molecule has 0 aliphatic heterocycles. The smallest absolute Gasteiger partial charge is 0.374 e. The first-order chi connectivity index (χ1) is 9.02. The minimum absolute atomic E-state index is 0.179. The molecule has 0 amide bonds. The van der Waals surface area contributed by atoms with E-state index in [0.29, 0.717) is 11.6 Å². The van der Waals surface area contributed by atoms with Crippen LogP contribution in [-0.4, -0.2) is 23.3 Å². The van der Waals surface area contributed by atoms with Gasteiger partial charge >= 0.3 is 5.97 Å². The predicted octanol–water partition coefficient (Wildman–Crippen LogP) is 3.17. The van der Waals surface area contributed by atoms with E-state index in [1.54, 1.807) is 7.11 Å². The summed E-state index contributed by atoms with van der Waals surface area (Å²) in [6, 6.07) is 7.06. The lowest BCUT2D eigenvalue weighted by Gasteiger charge is -2.12. The van der Waals surface area contributed by atoms with Gasteiger partial charge in [0.15, 0.2) is 0 Å². The first-order valence-corrected chi connectivity index (χ1v) is 5.91. The van der Waals surface area contributed by atoms with Crippen molar-refractivity contribution in [3.8, 4) is 17.0 Å². The molecular formula is C14H15NO4. The molecule has 0 aliphatic carbocycles. The van der Waals surface area contributed by atoms with Gasteiger partial charge in [0.05, 0.1) is 7.11 Å². The van der Waals surface area contributed by atoms with Gasteiger partial charge in [0, 0.05) is 11.6 Å². The average molecular weight is 261 g/mol. The molecule has 2 rings (SSSR count). The molecule has 0 saturated heterocycles. The molecule has 1 N–H and O–H groups in total. The van der Waals surface area contributed by atoms with Gasteiger partial charge in [0.2, 0.25) is 5.76 Å². The van der Waals surface area contributed by atoms with Crippen molar-refractivity contribution in [2.45, 2.75) is 19.8 Å². The third-order valence-electron chi connectivity index (χ3n) is 2.87. The second kappa shape index (κ2) is 5.14. The van der Waals surface area contributed by atoms with E-state index in [2.05, 4.69) is 19.0 Å². The SMILES string of the molecule is COc1cc(-c2cc(C(=O)O)on2)ccc1C(C)C. The summed E-state index contributed by atoms with van der Waals surface area (Å²) in [5.41, 5.74) is 2.33. The second-order valence-corrected chi connectivity index (χ2v) is 4.49. The van der Waals surface area contributed by atoms with Crippen LogP contribution in [0, 0.1) is 0 Å². The molecule has 0 radical (unpaired) electrons. The van der Waals surface area contributed by atoms with Gasteiger partial charge in [-0.2, -0.15) is 0 Å². The predicted molar refractivity (Wildman–Crippen MR) is 69.5 cm³/mol. The Morgan fingerprint density at radius 3 is 2.63 bits per heavy atom. The second-order valence-electron chi connectivity index (χ2n) is 4.49. The number of hydrogen-bond donors (Lipinski definition) is 1. The van der Waals surface area contributed by atoms with Gasteiger partial charge in [-0.15, -0.1) is 0 Å². The Balaban J connectivity index is 2.42. The normalized spacial score (nSPS) is 10.7. The summed E-state index contributed by atoms with van der Waals surface area (Å²) in [5, 5.41) is 12.6. The summed E-state index contributed by atoms with van der Waals surface area (Å²) in [5.74, 6) is -0.213. The molecule has 0 fully saturated rings. The summed E-state index contributed by atoms with van der Waals surface area (Å²) in [7, 11) is 1.61. The zero-order valence-electron chi connectivity index (χ0n) is 11.0. The number of carbonyl (C=O) groups is 1. The minimum atomic E-state index is -1.13. The van der Waals surface area contributed by atoms with Gasteiger partial charge in [0.1, 0.15) is 11.4 Å². The van der Waals surface area contributed by atoms with Crippen molar-refractivity contribution < 1.29 is 19.2 Å². The quantitative estimate of drug-likeness (QED) is 0.915. The number of rotatable bonds is 4. The van der Waals surface area contributed by atoms with Crippen LogP contribution in [-0.2, 0) is 0 Å². The van der Waals surface area contributed by atoms with Gasteiger partial charge in [-0.3, -0.25) is 0 Å². The zero-order chi connectivity index (χ0) is 14.0. The molecule has 0 aliphatic rings. The fourth-order valence-electron chi connectivity index (χ4n) is 1.86. The maximum absolute atomic E-state index is 10.8. The van der Waals surface area contributed by atoms with Crippen molar-refractivity contribution in [1.29, 1.82) is 0 Å². The molecule has 0 unspecified atom stereocenters. The van der Waals surface area contributed by atoms with E-state index in [-0.39, 0.29) is 5.76 Å². The molecule has 1 aromatic heterocycles. The lowest BCUT2D eigenvalue weighted by molar-refractivity contribution is 0.0652. The lowest BCUT2D eigenvalue weighted by Crippen LogP contribution is -1.94. The van der Waals surface area contributed by atoms with Gasteiger partial charge in [-0.25, -0.2) is 4.79 Å². The summed E-state index contributed by atoms with van der Waals surface area (Å²) in [6.07, 6.45) is 0. The fourth-order valence-corrected chi connectivity index (χ4v) is 1.86. The fraction of sp³-hybridized carbons (Fsp3) is 0.286. The molecule has 1 heterocycles. The number of benzene rings is 1. The van der Waals surface area contributed by atoms with Crippen LogP contribution in [0.25, 0.3) is 11.3 Å². The highest BCUT2D eigenvalue weighted by atomic mass is 16.5. The standard InChI is InChI=1S/C14H15NO4/c1-8(2)10-5-4-9(6-12(10)18-3)11-7-13(14(16)17)19-15-11/h4-8H,1-3H3,(H,16,17). The Labute approximate surface area is 110 Å². The van der Waals surface area contributed by atoms with E-state index in [0.717, 1.165) is 16.9 Å². The Morgan fingerprint density at radius 2 is 2.11 bits per heavy atom. The molecule has 2 aromatic rings. The van der Waals surface area contributed by atoms with Gasteiger partial charge in [-0.05, 0) is 17.5 Å². The summed E-state index contributed by atoms with van der Waals surface area (Å²) in [4.78, 5) is 10.8. The van der Waals surface area contributed by atoms with Crippen LogP contribution in [0.4, 0.5) is 0 Å². The maximum Gasteiger partial charge on any atom is 0.374 e. The maximum atomic E-state index is 10.8. The van der Waals surface area contributed by atoms with Crippen molar-refractivity contribution >= 4 is 5.97 Å². The molecule has 0 bridgehead atoms. The highest BCUT2D eigenvalue weighted by molar-refractivity contribution is 5.85. The van der Waals surface area contributed by atoms with Crippen molar-refractivity contribution in [2.24, 2.45) is 0 Å². The van der Waals surface area contributed by atoms with Crippen LogP contribution in [0.5, 0.6) is 5.75 Å². The van der Waals surface area contributed by atoms with E-state index in [1.165, 1.54) is 6.07 Å². The largest absolute Gasteiger partial charge is 0.496 e. The molecule has 1 aromatic carbocycles. The van der Waals surface area contributed by atoms with E-state index in [4.69, 9.17) is 14.4 Å². The van der Waals surface area contributed by atoms with Crippen molar-refractivity contribution in [2.75, 3.05) is 7.11 Å². The molecule has 5 heteroatoms. The Kier molecular flexibility index (Phi) is 3.55. The first kappa shape index (κ1) is 13.1. The van der Waals surface area contributed by atoms with Crippen LogP contribution in [0.2, 0.25) is 0 Å². The summed E-state index contributed by atoms with van der Waals surface area (Å²) < 4.78 is 10.1. The topological polar surface area (TPSA) is 72.6 Å². The van der Waals surface area contributed by atoms with Crippen molar-refractivity contribution in [1.82, 2.24) is 5.16 Å².